The molecule has 1 fully saturated rings. The van der Waals surface area contributed by atoms with Crippen LogP contribution in [0.5, 0.6) is 0 Å². The van der Waals surface area contributed by atoms with E-state index in [0.717, 1.165) is 18.7 Å². The zero-order valence-electron chi connectivity index (χ0n) is 12.6. The van der Waals surface area contributed by atoms with Crippen LogP contribution >= 0.6 is 11.6 Å². The molecule has 0 bridgehead atoms. The Bertz CT molecular complexity index is 232. The van der Waals surface area contributed by atoms with E-state index in [1.807, 2.05) is 34.6 Å². The second-order valence-electron chi connectivity index (χ2n) is 3.66. The van der Waals surface area contributed by atoms with E-state index in [1.54, 1.807) is 0 Å². The van der Waals surface area contributed by atoms with E-state index in [9.17, 15) is 4.79 Å². The van der Waals surface area contributed by atoms with E-state index in [0.29, 0.717) is 12.6 Å². The highest BCUT2D eigenvalue weighted by Crippen LogP contribution is 2.20. The molecule has 0 aromatic carbocycles. The average molecular weight is 277 g/mol. The van der Waals surface area contributed by atoms with Crippen molar-refractivity contribution >= 4 is 17.5 Å². The summed E-state index contributed by atoms with van der Waals surface area (Å²) in [4.78, 5) is 13.2. The average Bonchev–Trinajstić information content (AvgIpc) is 2.89. The largest absolute Gasteiger partial charge is 0.371 e. The molecule has 0 aliphatic carbocycles. The maximum atomic E-state index is 11.0. The highest BCUT2D eigenvalue weighted by atomic mass is 35.5. The van der Waals surface area contributed by atoms with Crippen LogP contribution in [0.15, 0.2) is 12.3 Å². The Labute approximate surface area is 118 Å². The molecule has 1 aliphatic rings. The second-order valence-corrected chi connectivity index (χ2v) is 3.93. The fourth-order valence-electron chi connectivity index (χ4n) is 1.83. The molecule has 1 amide bonds. The molecule has 3 nitrogen and oxygen atoms in total. The Kier molecular flexibility index (Phi) is 13.9. The van der Waals surface area contributed by atoms with Crippen LogP contribution in [-0.4, -0.2) is 35.8 Å². The van der Waals surface area contributed by atoms with Crippen LogP contribution in [0.2, 0.25) is 0 Å². The van der Waals surface area contributed by atoms with E-state index in [2.05, 4.69) is 16.8 Å². The lowest BCUT2D eigenvalue weighted by molar-refractivity contribution is -0.118. The molecular weight excluding hydrogens is 248 g/mol. The summed E-state index contributed by atoms with van der Waals surface area (Å²) in [5.74, 6) is -0.0555. The number of amides is 1. The normalized spacial score (nSPS) is 17.0. The number of nitrogens with zero attached hydrogens (tertiary/aromatic N) is 1. The zero-order valence-corrected chi connectivity index (χ0v) is 13.3. The lowest BCUT2D eigenvalue weighted by Gasteiger charge is -2.26. The number of rotatable bonds is 4. The third-order valence-electron chi connectivity index (χ3n) is 2.52. The van der Waals surface area contributed by atoms with Gasteiger partial charge >= 0.3 is 0 Å². The highest BCUT2D eigenvalue weighted by Gasteiger charge is 2.23. The maximum absolute atomic E-state index is 11.0. The lowest BCUT2D eigenvalue weighted by atomic mass is 10.2. The summed E-state index contributed by atoms with van der Waals surface area (Å²) in [6.45, 7) is 15.7. The zero-order chi connectivity index (χ0) is 14.6. The summed E-state index contributed by atoms with van der Waals surface area (Å²) >= 11 is 5.39. The maximum Gasteiger partial charge on any atom is 0.234 e. The van der Waals surface area contributed by atoms with Gasteiger partial charge < -0.3 is 10.2 Å². The topological polar surface area (TPSA) is 32.3 Å². The van der Waals surface area contributed by atoms with Crippen molar-refractivity contribution in [2.24, 2.45) is 0 Å². The lowest BCUT2D eigenvalue weighted by Crippen LogP contribution is -2.39. The van der Waals surface area contributed by atoms with Crippen LogP contribution in [0.1, 0.15) is 47.5 Å². The van der Waals surface area contributed by atoms with Gasteiger partial charge in [0.2, 0.25) is 5.91 Å². The molecule has 1 rings (SSSR count). The second kappa shape index (κ2) is 12.7. The number of allylic oxidation sites excluding steroid dienone is 1. The first-order valence-corrected chi connectivity index (χ1v) is 7.43. The van der Waals surface area contributed by atoms with Crippen molar-refractivity contribution in [1.29, 1.82) is 0 Å². The van der Waals surface area contributed by atoms with Gasteiger partial charge in [-0.2, -0.15) is 0 Å². The Morgan fingerprint density at radius 2 is 1.94 bits per heavy atom. The third kappa shape index (κ3) is 7.59. The monoisotopic (exact) mass is 276 g/mol. The number of carbonyl (C=O) groups is 1. The van der Waals surface area contributed by atoms with Gasteiger partial charge in [-0.25, -0.2) is 0 Å². The Morgan fingerprint density at radius 3 is 2.39 bits per heavy atom. The van der Waals surface area contributed by atoms with Gasteiger partial charge in [0.05, 0.1) is 0 Å². The number of hydrogen-bond acceptors (Lipinski definition) is 2. The van der Waals surface area contributed by atoms with E-state index < -0.39 is 0 Å². The molecule has 4 heteroatoms. The molecule has 1 saturated heterocycles. The van der Waals surface area contributed by atoms with Crippen molar-refractivity contribution in [3.8, 4) is 0 Å². The molecule has 1 heterocycles. The summed E-state index contributed by atoms with van der Waals surface area (Å²) in [7, 11) is 0. The molecule has 108 valence electrons. The minimum atomic E-state index is -0.0970. The fraction of sp³-hybridized carbons (Fsp3) is 0.786. The first-order valence-electron chi connectivity index (χ1n) is 6.90. The van der Waals surface area contributed by atoms with Gasteiger partial charge in [0.25, 0.3) is 0 Å². The van der Waals surface area contributed by atoms with Crippen molar-refractivity contribution in [1.82, 2.24) is 10.2 Å². The number of nitrogens with one attached hydrogen (secondary N) is 1. The van der Waals surface area contributed by atoms with Gasteiger partial charge in [0, 0.05) is 24.8 Å². The van der Waals surface area contributed by atoms with Crippen LogP contribution in [0.25, 0.3) is 0 Å². The predicted octanol–water partition coefficient (Wildman–Crippen LogP) is 3.39. The number of likely N-dealkylation sites (tertiary alicyclic amines) is 1. The molecule has 1 atom stereocenters. The molecule has 1 aliphatic heterocycles. The SMILES string of the molecule is C=C(C)N1CCCC1CNC(=O)CCl.CC.CC. The molecule has 18 heavy (non-hydrogen) atoms. The third-order valence-corrected chi connectivity index (χ3v) is 2.77. The summed E-state index contributed by atoms with van der Waals surface area (Å²) in [6, 6.07) is 0.402. The quantitative estimate of drug-likeness (QED) is 0.799. The molecule has 0 aromatic heterocycles. The number of alkyl halides is 1. The predicted molar refractivity (Wildman–Crippen MR) is 81.0 cm³/mol. The van der Waals surface area contributed by atoms with Crippen molar-refractivity contribution in [2.45, 2.75) is 53.5 Å². The van der Waals surface area contributed by atoms with E-state index >= 15 is 0 Å². The van der Waals surface area contributed by atoms with Gasteiger partial charge in [0.15, 0.2) is 0 Å². The summed E-state index contributed by atoms with van der Waals surface area (Å²) in [6.07, 6.45) is 2.30. The molecule has 0 spiro atoms. The summed E-state index contributed by atoms with van der Waals surface area (Å²) in [5, 5.41) is 2.81. The van der Waals surface area contributed by atoms with E-state index in [-0.39, 0.29) is 11.8 Å². The van der Waals surface area contributed by atoms with Gasteiger partial charge in [-0.1, -0.05) is 34.3 Å². The van der Waals surface area contributed by atoms with Gasteiger partial charge in [0.1, 0.15) is 5.88 Å². The standard InChI is InChI=1S/C10H17ClN2O.2C2H6/c1-8(2)13-5-3-4-9(13)7-12-10(14)6-11;2*1-2/h9H,1,3-7H2,2H3,(H,12,14);2*1-2H3. The number of hydrogen-bond donors (Lipinski definition) is 1. The minimum Gasteiger partial charge on any atom is -0.371 e. The molecule has 1 N–H and O–H groups in total. The fourth-order valence-corrected chi connectivity index (χ4v) is 1.92. The van der Waals surface area contributed by atoms with Crippen molar-refractivity contribution in [2.75, 3.05) is 19.0 Å². The van der Waals surface area contributed by atoms with Gasteiger partial charge in [-0.15, -0.1) is 11.6 Å². The van der Waals surface area contributed by atoms with Crippen LogP contribution in [-0.2, 0) is 4.79 Å². The number of halogens is 1. The Hall–Kier alpha value is -0.700. The van der Waals surface area contributed by atoms with Crippen molar-refractivity contribution < 1.29 is 4.79 Å². The number of carbonyl (C=O) groups excluding carboxylic acids is 1. The minimum absolute atomic E-state index is 0.0415. The molecular formula is C14H29ClN2O. The van der Waals surface area contributed by atoms with Crippen molar-refractivity contribution in [3.05, 3.63) is 12.3 Å². The van der Waals surface area contributed by atoms with Crippen LogP contribution in [0, 0.1) is 0 Å². The molecule has 0 saturated carbocycles. The van der Waals surface area contributed by atoms with Gasteiger partial charge in [-0.3, -0.25) is 4.79 Å². The summed E-state index contributed by atoms with van der Waals surface area (Å²) < 4.78 is 0. The highest BCUT2D eigenvalue weighted by molar-refractivity contribution is 6.27. The van der Waals surface area contributed by atoms with Crippen molar-refractivity contribution in [3.63, 3.8) is 0 Å². The summed E-state index contributed by atoms with van der Waals surface area (Å²) in [5.41, 5.74) is 1.08. The van der Waals surface area contributed by atoms with Crippen LogP contribution in [0.3, 0.4) is 0 Å². The van der Waals surface area contributed by atoms with Gasteiger partial charge in [-0.05, 0) is 19.8 Å². The van der Waals surface area contributed by atoms with E-state index in [1.165, 1.54) is 6.42 Å². The molecule has 1 unspecified atom stereocenters. The Morgan fingerprint density at radius 1 is 1.39 bits per heavy atom. The van der Waals surface area contributed by atoms with Crippen LogP contribution in [0.4, 0.5) is 0 Å². The first-order chi connectivity index (χ1) is 8.65. The Balaban J connectivity index is 0. The molecule has 0 aromatic rings. The smallest absolute Gasteiger partial charge is 0.234 e. The van der Waals surface area contributed by atoms with E-state index in [4.69, 9.17) is 11.6 Å². The van der Waals surface area contributed by atoms with Crippen LogP contribution < -0.4 is 5.32 Å². The first kappa shape index (κ1) is 19.6. The molecule has 0 radical (unpaired) electrons.